The summed E-state index contributed by atoms with van der Waals surface area (Å²) in [4.78, 5) is 12.4. The molecule has 1 amide bonds. The maximum atomic E-state index is 12.4. The van der Waals surface area contributed by atoms with Gasteiger partial charge in [-0.2, -0.15) is 0 Å². The molecule has 0 aliphatic heterocycles. The van der Waals surface area contributed by atoms with Crippen LogP contribution in [0.3, 0.4) is 0 Å². The van der Waals surface area contributed by atoms with Gasteiger partial charge in [-0.15, -0.1) is 0 Å². The maximum Gasteiger partial charge on any atom is 0.255 e. The average molecular weight is 513 g/mol. The molecule has 28 heavy (non-hydrogen) atoms. The Balaban J connectivity index is 0.00000280. The van der Waals surface area contributed by atoms with Crippen LogP contribution in [0.5, 0.6) is 0 Å². The van der Waals surface area contributed by atoms with Gasteiger partial charge in [0, 0.05) is 21.8 Å². The summed E-state index contributed by atoms with van der Waals surface area (Å²) < 4.78 is 1.04. The van der Waals surface area contributed by atoms with E-state index in [2.05, 4.69) is 31.5 Å². The highest BCUT2D eigenvalue weighted by atomic mass is 127. The van der Waals surface area contributed by atoms with E-state index in [1.165, 1.54) is 37.7 Å². The Hall–Kier alpha value is -1.11. The van der Waals surface area contributed by atoms with Crippen molar-refractivity contribution in [3.05, 3.63) is 64.2 Å². The van der Waals surface area contributed by atoms with Crippen molar-refractivity contribution >= 4 is 23.2 Å². The number of hydrogen-bond donors (Lipinski definition) is 1. The molecule has 0 saturated heterocycles. The monoisotopic (exact) mass is 512 g/mol. The van der Waals surface area contributed by atoms with E-state index in [1.807, 2.05) is 25.1 Å². The summed E-state index contributed by atoms with van der Waals surface area (Å²) >= 11 is 6.13. The molecule has 1 aliphatic carbocycles. The Labute approximate surface area is 191 Å². The van der Waals surface area contributed by atoms with Gasteiger partial charge in [-0.1, -0.05) is 36.2 Å². The second kappa shape index (κ2) is 10.1. The van der Waals surface area contributed by atoms with E-state index >= 15 is 0 Å². The topological polar surface area (TPSA) is 29.1 Å². The number of carbonyl (C=O) groups excluding carboxylic acids is 1. The molecule has 152 valence electrons. The number of halogens is 2. The number of amides is 1. The number of aryl methyl sites for hydroxylation is 1. The number of carbonyl (C=O) groups is 1. The predicted octanol–water partition coefficient (Wildman–Crippen LogP) is 2.81. The molecule has 1 N–H and O–H groups in total. The molecule has 5 heteroatoms. The van der Waals surface area contributed by atoms with E-state index < -0.39 is 0 Å². The first-order chi connectivity index (χ1) is 12.8. The van der Waals surface area contributed by atoms with Crippen LogP contribution >= 0.6 is 11.6 Å². The lowest BCUT2D eigenvalue weighted by Crippen LogP contribution is -3.00. The van der Waals surface area contributed by atoms with Crippen LogP contribution in [-0.2, 0) is 6.54 Å². The third-order valence-electron chi connectivity index (χ3n) is 5.80. The van der Waals surface area contributed by atoms with E-state index in [-0.39, 0.29) is 29.9 Å². The molecule has 1 saturated carbocycles. The molecular weight excluding hydrogens is 483 g/mol. The Morgan fingerprint density at radius 1 is 1.07 bits per heavy atom. The fraction of sp³-hybridized carbons (Fsp3) is 0.435. The molecule has 0 bridgehead atoms. The van der Waals surface area contributed by atoms with E-state index in [0.29, 0.717) is 10.6 Å². The van der Waals surface area contributed by atoms with Gasteiger partial charge in [-0.3, -0.25) is 4.79 Å². The Morgan fingerprint density at radius 3 is 2.32 bits per heavy atom. The first-order valence-electron chi connectivity index (χ1n) is 9.84. The van der Waals surface area contributed by atoms with Crippen LogP contribution < -0.4 is 29.3 Å². The van der Waals surface area contributed by atoms with Crippen molar-refractivity contribution in [2.45, 2.75) is 51.6 Å². The molecule has 0 spiro atoms. The van der Waals surface area contributed by atoms with Crippen molar-refractivity contribution in [1.29, 1.82) is 0 Å². The highest BCUT2D eigenvalue weighted by molar-refractivity contribution is 6.31. The summed E-state index contributed by atoms with van der Waals surface area (Å²) in [6.45, 7) is 2.95. The van der Waals surface area contributed by atoms with Crippen molar-refractivity contribution in [3.8, 4) is 0 Å². The van der Waals surface area contributed by atoms with E-state index in [1.54, 1.807) is 12.1 Å². The lowest BCUT2D eigenvalue weighted by atomic mass is 9.92. The van der Waals surface area contributed by atoms with Crippen LogP contribution in [-0.4, -0.2) is 30.5 Å². The number of hydrogen-bond acceptors (Lipinski definition) is 1. The van der Waals surface area contributed by atoms with Crippen LogP contribution in [0.1, 0.15) is 53.6 Å². The van der Waals surface area contributed by atoms with Crippen LogP contribution in [0.15, 0.2) is 42.5 Å². The molecule has 0 radical (unpaired) electrons. The minimum absolute atomic E-state index is 0. The molecule has 0 unspecified atom stereocenters. The number of benzene rings is 2. The number of rotatable bonds is 5. The van der Waals surface area contributed by atoms with Gasteiger partial charge >= 0.3 is 0 Å². The van der Waals surface area contributed by atoms with Crippen LogP contribution in [0, 0.1) is 6.92 Å². The Kier molecular flexibility index (Phi) is 8.34. The van der Waals surface area contributed by atoms with Crippen molar-refractivity contribution in [2.24, 2.45) is 0 Å². The summed E-state index contributed by atoms with van der Waals surface area (Å²) in [5.74, 6) is -0.136. The highest BCUT2D eigenvalue weighted by Crippen LogP contribution is 2.28. The van der Waals surface area contributed by atoms with Gasteiger partial charge in [0.05, 0.1) is 20.1 Å². The van der Waals surface area contributed by atoms with E-state index in [4.69, 9.17) is 11.6 Å². The SMILES string of the molecule is Cc1ccc(C(=O)Nc2ccc(C[N+](C)(C)C3CCCCC3)cc2)cc1Cl.[I-]. The molecule has 0 heterocycles. The number of nitrogens with zero attached hydrogens (tertiary/aromatic N) is 1. The van der Waals surface area contributed by atoms with Crippen molar-refractivity contribution in [2.75, 3.05) is 19.4 Å². The zero-order valence-corrected chi connectivity index (χ0v) is 19.9. The fourth-order valence-electron chi connectivity index (χ4n) is 4.01. The zero-order valence-electron chi connectivity index (χ0n) is 17.0. The van der Waals surface area contributed by atoms with E-state index in [0.717, 1.165) is 28.3 Å². The number of nitrogens with one attached hydrogen (secondary N) is 1. The largest absolute Gasteiger partial charge is 1.00 e. The van der Waals surface area contributed by atoms with Gasteiger partial charge in [0.15, 0.2) is 0 Å². The van der Waals surface area contributed by atoms with Gasteiger partial charge in [-0.05, 0) is 62.4 Å². The summed E-state index contributed by atoms with van der Waals surface area (Å²) in [6.07, 6.45) is 6.78. The molecule has 2 aromatic rings. The highest BCUT2D eigenvalue weighted by Gasteiger charge is 2.29. The summed E-state index contributed by atoms with van der Waals surface area (Å²) in [6, 6.07) is 14.4. The number of quaternary nitrogens is 1. The second-order valence-electron chi connectivity index (χ2n) is 8.34. The second-order valence-corrected chi connectivity index (χ2v) is 8.75. The van der Waals surface area contributed by atoms with Gasteiger partial charge in [-0.25, -0.2) is 0 Å². The normalized spacial score (nSPS) is 15.0. The molecule has 2 aromatic carbocycles. The predicted molar refractivity (Wildman–Crippen MR) is 113 cm³/mol. The van der Waals surface area contributed by atoms with Crippen LogP contribution in [0.4, 0.5) is 5.69 Å². The van der Waals surface area contributed by atoms with E-state index in [9.17, 15) is 4.79 Å². The zero-order chi connectivity index (χ0) is 19.4. The fourth-order valence-corrected chi connectivity index (χ4v) is 4.19. The quantitative estimate of drug-likeness (QED) is 0.485. The summed E-state index contributed by atoms with van der Waals surface area (Å²) in [5, 5.41) is 3.57. The third-order valence-corrected chi connectivity index (χ3v) is 6.21. The molecule has 1 fully saturated rings. The van der Waals surface area contributed by atoms with Crippen LogP contribution in [0.2, 0.25) is 5.02 Å². The minimum Gasteiger partial charge on any atom is -1.00 e. The lowest BCUT2D eigenvalue weighted by molar-refractivity contribution is -0.929. The molecule has 3 rings (SSSR count). The van der Waals surface area contributed by atoms with Crippen molar-refractivity contribution in [1.82, 2.24) is 0 Å². The first-order valence-corrected chi connectivity index (χ1v) is 10.2. The molecule has 0 aromatic heterocycles. The van der Waals surface area contributed by atoms with Gasteiger partial charge in [0.25, 0.3) is 5.91 Å². The van der Waals surface area contributed by atoms with Crippen molar-refractivity contribution in [3.63, 3.8) is 0 Å². The van der Waals surface area contributed by atoms with Crippen LogP contribution in [0.25, 0.3) is 0 Å². The third kappa shape index (κ3) is 5.94. The smallest absolute Gasteiger partial charge is 0.255 e. The van der Waals surface area contributed by atoms with Gasteiger partial charge < -0.3 is 33.8 Å². The molecule has 3 nitrogen and oxygen atoms in total. The average Bonchev–Trinajstić information content (AvgIpc) is 2.66. The molecular formula is C23H30ClIN2O. The maximum absolute atomic E-state index is 12.4. The number of anilines is 1. The standard InChI is InChI=1S/C23H29ClN2O.HI/c1-17-9-12-19(15-22(17)24)23(27)25-20-13-10-18(11-14-20)16-26(2,3)21-7-5-4-6-8-21;/h9-15,21H,4-8,16H2,1-3H3;1H. The summed E-state index contributed by atoms with van der Waals surface area (Å²) in [7, 11) is 4.68. The summed E-state index contributed by atoms with van der Waals surface area (Å²) in [5.41, 5.74) is 3.66. The first kappa shape index (κ1) is 23.2. The van der Waals surface area contributed by atoms with Gasteiger partial charge in [0.1, 0.15) is 6.54 Å². The molecule has 0 atom stereocenters. The Bertz CT molecular complexity index is 799. The minimum atomic E-state index is -0.136. The van der Waals surface area contributed by atoms with Gasteiger partial charge in [0.2, 0.25) is 0 Å². The molecule has 1 aliphatic rings. The Morgan fingerprint density at radius 2 is 1.71 bits per heavy atom. The van der Waals surface area contributed by atoms with Crippen molar-refractivity contribution < 1.29 is 33.3 Å². The lowest BCUT2D eigenvalue weighted by Gasteiger charge is -2.40.